The number of phosphoric ester groups is 2. The lowest BCUT2D eigenvalue weighted by Crippen LogP contribution is -2.30. The monoisotopic (exact) mass is 1540 g/mol. The predicted molar refractivity (Wildman–Crippen MR) is 436 cm³/mol. The number of ether oxygens (including phenoxy) is 4. The van der Waals surface area contributed by atoms with E-state index in [9.17, 15) is 43.2 Å². The van der Waals surface area contributed by atoms with E-state index >= 15 is 0 Å². The van der Waals surface area contributed by atoms with Gasteiger partial charge in [-0.25, -0.2) is 9.13 Å². The van der Waals surface area contributed by atoms with Crippen LogP contribution in [-0.4, -0.2) is 96.7 Å². The molecule has 0 spiro atoms. The van der Waals surface area contributed by atoms with Gasteiger partial charge in [0.2, 0.25) is 0 Å². The topological polar surface area (TPSA) is 237 Å². The first-order chi connectivity index (χ1) is 51.7. The average Bonchev–Trinajstić information content (AvgIpc) is 0.902. The molecule has 3 N–H and O–H groups in total. The zero-order valence-corrected chi connectivity index (χ0v) is 69.7. The Morgan fingerprint density at radius 2 is 0.472 bits per heavy atom. The highest BCUT2D eigenvalue weighted by atomic mass is 31.2. The van der Waals surface area contributed by atoms with Crippen molar-refractivity contribution in [2.24, 2.45) is 0 Å². The van der Waals surface area contributed by atoms with Crippen molar-refractivity contribution in [3.8, 4) is 0 Å². The molecule has 2 unspecified atom stereocenters. The predicted octanol–water partition coefficient (Wildman–Crippen LogP) is 25.6. The third kappa shape index (κ3) is 78.6. The number of hydrogen-bond acceptors (Lipinski definition) is 15. The summed E-state index contributed by atoms with van der Waals surface area (Å²) in [6.45, 7) is 4.85. The molecule has 0 aliphatic heterocycles. The molecule has 618 valence electrons. The van der Waals surface area contributed by atoms with Crippen LogP contribution in [0.1, 0.15) is 400 Å². The van der Waals surface area contributed by atoms with Crippen LogP contribution in [0, 0.1) is 0 Å². The standard InChI is InChI=1S/C87H158O17P2/c1-5-9-13-17-21-25-29-33-37-40-44-47-51-55-59-63-67-71-84(89)97-77-82(103-86(91)73-69-65-61-57-53-49-43-36-32-28-24-20-16-12-8-4)79-101-105(93,94)99-75-81(88)76-100-106(95,96)102-80-83(104-87(92)74-70-66-62-58-54-50-46-42-39-35-31-27-23-19-15-11-7-3)78-98-85(90)72-68-64-60-56-52-48-45-41-38-34-30-26-22-18-14-10-6-2/h23-24,27-28,35-36,39,43,46,50,58,62,81-83,88H,5-22,25-26,29-34,37-38,40-42,44-45,47-49,51-57,59-61,63-80H2,1-4H3,(H,93,94)(H,95,96)/b27-23-,28-24-,39-35-,43-36-,50-46-,62-58-/t81-,82-,83-/m1/s1. The molecule has 0 aromatic carbocycles. The van der Waals surface area contributed by atoms with Gasteiger partial charge in [0.05, 0.1) is 26.4 Å². The lowest BCUT2D eigenvalue weighted by atomic mass is 10.0. The molecule has 0 saturated heterocycles. The van der Waals surface area contributed by atoms with Crippen LogP contribution in [0.25, 0.3) is 0 Å². The summed E-state index contributed by atoms with van der Waals surface area (Å²) >= 11 is 0. The Kier molecular flexibility index (Phi) is 77.0. The van der Waals surface area contributed by atoms with Crippen molar-refractivity contribution < 1.29 is 80.2 Å². The van der Waals surface area contributed by atoms with E-state index < -0.39 is 97.5 Å². The third-order valence-corrected chi connectivity index (χ3v) is 20.6. The van der Waals surface area contributed by atoms with Crippen molar-refractivity contribution in [1.82, 2.24) is 0 Å². The summed E-state index contributed by atoms with van der Waals surface area (Å²) in [6, 6.07) is 0. The highest BCUT2D eigenvalue weighted by molar-refractivity contribution is 7.47. The van der Waals surface area contributed by atoms with Crippen molar-refractivity contribution >= 4 is 39.5 Å². The molecule has 17 nitrogen and oxygen atoms in total. The number of esters is 4. The van der Waals surface area contributed by atoms with Crippen molar-refractivity contribution in [2.75, 3.05) is 39.6 Å². The Morgan fingerprint density at radius 1 is 0.264 bits per heavy atom. The van der Waals surface area contributed by atoms with E-state index in [0.29, 0.717) is 32.1 Å². The quantitative estimate of drug-likeness (QED) is 0.0169. The number of aliphatic hydroxyl groups is 1. The summed E-state index contributed by atoms with van der Waals surface area (Å²) in [7, 11) is -9.97. The van der Waals surface area contributed by atoms with Crippen LogP contribution in [-0.2, 0) is 65.4 Å². The van der Waals surface area contributed by atoms with Crippen LogP contribution >= 0.6 is 15.6 Å². The Bertz CT molecular complexity index is 2280. The smallest absolute Gasteiger partial charge is 0.462 e. The zero-order valence-electron chi connectivity index (χ0n) is 67.9. The summed E-state index contributed by atoms with van der Waals surface area (Å²) in [5.41, 5.74) is 0. The normalized spacial score (nSPS) is 14.1. The van der Waals surface area contributed by atoms with E-state index in [1.165, 1.54) is 205 Å². The molecule has 0 rings (SSSR count). The van der Waals surface area contributed by atoms with Gasteiger partial charge in [-0.05, 0) is 96.3 Å². The fraction of sp³-hybridized carbons (Fsp3) is 0.816. The van der Waals surface area contributed by atoms with Gasteiger partial charge >= 0.3 is 39.5 Å². The molecule has 0 aromatic rings. The second-order valence-electron chi connectivity index (χ2n) is 29.1. The highest BCUT2D eigenvalue weighted by Gasteiger charge is 2.30. The van der Waals surface area contributed by atoms with Gasteiger partial charge in [0.25, 0.3) is 0 Å². The van der Waals surface area contributed by atoms with Crippen LogP contribution < -0.4 is 0 Å². The van der Waals surface area contributed by atoms with E-state index in [4.69, 9.17) is 37.0 Å². The number of carbonyl (C=O) groups excluding carboxylic acids is 4. The molecule has 0 amide bonds. The molecule has 106 heavy (non-hydrogen) atoms. The second kappa shape index (κ2) is 79.6. The minimum atomic E-state index is -4.99. The molecule has 0 radical (unpaired) electrons. The van der Waals surface area contributed by atoms with Gasteiger partial charge in [-0.3, -0.25) is 37.3 Å². The van der Waals surface area contributed by atoms with Crippen molar-refractivity contribution in [3.05, 3.63) is 72.9 Å². The van der Waals surface area contributed by atoms with Gasteiger partial charge in [0.1, 0.15) is 19.3 Å². The van der Waals surface area contributed by atoms with Crippen LogP contribution in [0.15, 0.2) is 72.9 Å². The Balaban J connectivity index is 5.38. The Morgan fingerprint density at radius 3 is 0.764 bits per heavy atom. The first-order valence-corrected chi connectivity index (χ1v) is 46.2. The highest BCUT2D eigenvalue weighted by Crippen LogP contribution is 2.45. The maximum Gasteiger partial charge on any atom is 0.472 e. The largest absolute Gasteiger partial charge is 0.472 e. The van der Waals surface area contributed by atoms with E-state index in [2.05, 4.69) is 88.5 Å². The van der Waals surface area contributed by atoms with Gasteiger partial charge in [0, 0.05) is 25.7 Å². The van der Waals surface area contributed by atoms with E-state index in [0.717, 1.165) is 109 Å². The summed E-state index contributed by atoms with van der Waals surface area (Å²) in [6.07, 6.45) is 83.0. The van der Waals surface area contributed by atoms with E-state index in [1.54, 1.807) is 0 Å². The van der Waals surface area contributed by atoms with Gasteiger partial charge in [0.15, 0.2) is 12.2 Å². The molecule has 5 atom stereocenters. The Labute approximate surface area is 647 Å². The Hall–Kier alpha value is -3.50. The molecule has 19 heteroatoms. The number of rotatable bonds is 82. The molecule has 0 aromatic heterocycles. The molecular formula is C87H158O17P2. The van der Waals surface area contributed by atoms with Gasteiger partial charge in [-0.2, -0.15) is 0 Å². The van der Waals surface area contributed by atoms with Gasteiger partial charge < -0.3 is 33.8 Å². The van der Waals surface area contributed by atoms with Crippen LogP contribution in [0.2, 0.25) is 0 Å². The van der Waals surface area contributed by atoms with E-state index in [1.807, 2.05) is 12.2 Å². The first-order valence-electron chi connectivity index (χ1n) is 43.2. The lowest BCUT2D eigenvalue weighted by Gasteiger charge is -2.21. The fourth-order valence-electron chi connectivity index (χ4n) is 12.1. The van der Waals surface area contributed by atoms with Gasteiger partial charge in [-0.1, -0.05) is 351 Å². The molecule has 0 fully saturated rings. The van der Waals surface area contributed by atoms with Gasteiger partial charge in [-0.15, -0.1) is 0 Å². The van der Waals surface area contributed by atoms with Crippen LogP contribution in [0.4, 0.5) is 0 Å². The lowest BCUT2D eigenvalue weighted by molar-refractivity contribution is -0.161. The minimum absolute atomic E-state index is 0.0233. The fourth-order valence-corrected chi connectivity index (χ4v) is 13.6. The zero-order chi connectivity index (χ0) is 77.4. The summed E-state index contributed by atoms with van der Waals surface area (Å²) in [4.78, 5) is 73.2. The van der Waals surface area contributed by atoms with Crippen molar-refractivity contribution in [1.29, 1.82) is 0 Å². The number of phosphoric acid groups is 2. The minimum Gasteiger partial charge on any atom is -0.462 e. The van der Waals surface area contributed by atoms with E-state index in [-0.39, 0.29) is 25.7 Å². The number of aliphatic hydroxyl groups excluding tert-OH is 1. The molecular weight excluding hydrogens is 1380 g/mol. The molecule has 0 aliphatic carbocycles. The summed E-state index contributed by atoms with van der Waals surface area (Å²) in [5.74, 6) is -2.22. The number of hydrogen-bond donors (Lipinski definition) is 3. The molecule has 0 saturated carbocycles. The average molecular weight is 1540 g/mol. The van der Waals surface area contributed by atoms with Crippen molar-refractivity contribution in [2.45, 2.75) is 418 Å². The number of allylic oxidation sites excluding steroid dienone is 12. The molecule has 0 aliphatic rings. The maximum atomic E-state index is 13.1. The second-order valence-corrected chi connectivity index (χ2v) is 32.0. The van der Waals surface area contributed by atoms with Crippen LogP contribution in [0.5, 0.6) is 0 Å². The first kappa shape index (κ1) is 102. The maximum absolute atomic E-state index is 13.1. The van der Waals surface area contributed by atoms with Crippen molar-refractivity contribution in [3.63, 3.8) is 0 Å². The number of carbonyl (C=O) groups is 4. The molecule has 0 heterocycles. The molecule has 0 bridgehead atoms. The third-order valence-electron chi connectivity index (χ3n) is 18.7. The SMILES string of the molecule is CCCCC/C=C\C/C=C\C/C=C\C/C=C\CCCC(=O)O[C@H](COC(=O)CCCCCCCCCCCCCCCCCCC)COP(=O)(O)OC[C@H](O)COP(=O)(O)OC[C@@H](COC(=O)CCCCCCCCCCCCCCCCCCC)OC(=O)CCCCCCC/C=C\C/C=C\CCCCC. The van der Waals surface area contributed by atoms with Crippen LogP contribution in [0.3, 0.4) is 0 Å². The number of unbranched alkanes of at least 4 members (excludes halogenated alkanes) is 44. The summed E-state index contributed by atoms with van der Waals surface area (Å²) in [5, 5.41) is 10.7. The summed E-state index contributed by atoms with van der Waals surface area (Å²) < 4.78 is 68.8.